The summed E-state index contributed by atoms with van der Waals surface area (Å²) in [4.78, 5) is 4.60. The van der Waals surface area contributed by atoms with Crippen LogP contribution in [-0.2, 0) is 16.0 Å². The molecule has 1 atom stereocenters. The zero-order chi connectivity index (χ0) is 18.0. The van der Waals surface area contributed by atoms with Gasteiger partial charge in [0.1, 0.15) is 6.54 Å². The summed E-state index contributed by atoms with van der Waals surface area (Å²) < 4.78 is 13.0. The number of rotatable bonds is 9. The van der Waals surface area contributed by atoms with Crippen molar-refractivity contribution in [1.82, 2.24) is 25.2 Å². The van der Waals surface area contributed by atoms with Crippen molar-refractivity contribution in [2.75, 3.05) is 39.5 Å². The van der Waals surface area contributed by atoms with E-state index in [2.05, 4.69) is 32.7 Å². The van der Waals surface area contributed by atoms with Gasteiger partial charge >= 0.3 is 0 Å². The van der Waals surface area contributed by atoms with Crippen molar-refractivity contribution in [1.29, 1.82) is 0 Å². The molecule has 27 heavy (non-hydrogen) atoms. The number of fused-ring (bicyclic) bond motifs is 1. The van der Waals surface area contributed by atoms with E-state index in [4.69, 9.17) is 9.47 Å². The lowest BCUT2D eigenvalue weighted by molar-refractivity contribution is 0.0888. The molecule has 1 aliphatic heterocycles. The van der Waals surface area contributed by atoms with Gasteiger partial charge in [-0.05, 0) is 31.9 Å². The van der Waals surface area contributed by atoms with Crippen LogP contribution in [0.2, 0.25) is 0 Å². The molecule has 0 aliphatic carbocycles. The molecule has 0 amide bonds. The Kier molecular flexibility index (Phi) is 9.78. The molecule has 0 bridgehead atoms. The molecular formula is C18H29IN6O2. The van der Waals surface area contributed by atoms with Crippen molar-refractivity contribution in [3.63, 3.8) is 0 Å². The van der Waals surface area contributed by atoms with Gasteiger partial charge in [-0.1, -0.05) is 6.07 Å². The minimum absolute atomic E-state index is 0. The first-order valence-electron chi connectivity index (χ1n) is 9.33. The van der Waals surface area contributed by atoms with E-state index in [0.717, 1.165) is 69.8 Å². The summed E-state index contributed by atoms with van der Waals surface area (Å²) >= 11 is 0. The normalized spacial score (nSPS) is 17.1. The van der Waals surface area contributed by atoms with E-state index in [-0.39, 0.29) is 24.0 Å². The zero-order valence-corrected chi connectivity index (χ0v) is 18.1. The van der Waals surface area contributed by atoms with E-state index < -0.39 is 0 Å². The molecular weight excluding hydrogens is 459 g/mol. The van der Waals surface area contributed by atoms with Gasteiger partial charge in [-0.15, -0.1) is 34.2 Å². The van der Waals surface area contributed by atoms with E-state index in [0.29, 0.717) is 12.5 Å². The van der Waals surface area contributed by atoms with E-state index in [1.165, 1.54) is 0 Å². The maximum absolute atomic E-state index is 5.72. The molecule has 9 heteroatoms. The highest BCUT2D eigenvalue weighted by Crippen LogP contribution is 2.12. The van der Waals surface area contributed by atoms with Crippen molar-refractivity contribution in [2.24, 2.45) is 10.9 Å². The maximum Gasteiger partial charge on any atom is 0.191 e. The van der Waals surface area contributed by atoms with E-state index >= 15 is 0 Å². The molecule has 1 unspecified atom stereocenters. The molecule has 0 aromatic carbocycles. The molecule has 8 nitrogen and oxygen atoms in total. The van der Waals surface area contributed by atoms with Crippen molar-refractivity contribution < 1.29 is 9.47 Å². The van der Waals surface area contributed by atoms with Crippen LogP contribution in [0.3, 0.4) is 0 Å². The Bertz CT molecular complexity index is 702. The standard InChI is InChI=1S/C18H28N6O2.HI/c1-2-19-18(20-8-5-10-25-13-15-7-11-26-14-15)21-12-17-23-22-16-6-3-4-9-24(16)17;/h3-4,6,9,15H,2,5,7-8,10-14H2,1H3,(H2,19,20,21);1H. The van der Waals surface area contributed by atoms with Gasteiger partial charge in [0.25, 0.3) is 0 Å². The Balaban J connectivity index is 0.00000261. The van der Waals surface area contributed by atoms with Gasteiger partial charge < -0.3 is 20.1 Å². The fraction of sp³-hybridized carbons (Fsp3) is 0.611. The fourth-order valence-electron chi connectivity index (χ4n) is 2.84. The van der Waals surface area contributed by atoms with E-state index in [1.807, 2.05) is 28.8 Å². The lowest BCUT2D eigenvalue weighted by Gasteiger charge is -2.12. The number of nitrogens with one attached hydrogen (secondary N) is 2. The minimum atomic E-state index is 0. The summed E-state index contributed by atoms with van der Waals surface area (Å²) in [5, 5.41) is 14.9. The summed E-state index contributed by atoms with van der Waals surface area (Å²) in [7, 11) is 0. The number of guanidine groups is 1. The highest BCUT2D eigenvalue weighted by Gasteiger charge is 2.15. The minimum Gasteiger partial charge on any atom is -0.381 e. The van der Waals surface area contributed by atoms with Crippen LogP contribution in [0.5, 0.6) is 0 Å². The predicted molar refractivity (Wildman–Crippen MR) is 116 cm³/mol. The van der Waals surface area contributed by atoms with Crippen LogP contribution in [-0.4, -0.2) is 60.1 Å². The quantitative estimate of drug-likeness (QED) is 0.243. The second-order valence-corrected chi connectivity index (χ2v) is 6.33. The number of aromatic nitrogens is 3. The molecule has 0 saturated carbocycles. The van der Waals surface area contributed by atoms with Crippen LogP contribution < -0.4 is 10.6 Å². The Morgan fingerprint density at radius 1 is 1.37 bits per heavy atom. The summed E-state index contributed by atoms with van der Waals surface area (Å²) in [6, 6.07) is 5.84. The van der Waals surface area contributed by atoms with Crippen LogP contribution in [0.4, 0.5) is 0 Å². The second-order valence-electron chi connectivity index (χ2n) is 6.33. The first-order chi connectivity index (χ1) is 12.9. The highest BCUT2D eigenvalue weighted by molar-refractivity contribution is 14.0. The van der Waals surface area contributed by atoms with Gasteiger partial charge in [-0.3, -0.25) is 4.40 Å². The molecule has 0 radical (unpaired) electrons. The molecule has 3 heterocycles. The summed E-state index contributed by atoms with van der Waals surface area (Å²) in [5.41, 5.74) is 0.834. The number of hydrogen-bond acceptors (Lipinski definition) is 5. The van der Waals surface area contributed by atoms with Crippen LogP contribution in [0.15, 0.2) is 29.4 Å². The smallest absolute Gasteiger partial charge is 0.191 e. The Labute approximate surface area is 177 Å². The number of halogens is 1. The summed E-state index contributed by atoms with van der Waals surface area (Å²) in [6.45, 7) is 7.41. The molecule has 2 N–H and O–H groups in total. The van der Waals surface area contributed by atoms with Crippen LogP contribution in [0.1, 0.15) is 25.6 Å². The monoisotopic (exact) mass is 488 g/mol. The summed E-state index contributed by atoms with van der Waals surface area (Å²) in [6.07, 6.45) is 4.01. The van der Waals surface area contributed by atoms with Gasteiger partial charge in [0, 0.05) is 38.4 Å². The molecule has 1 fully saturated rings. The number of aliphatic imine (C=N–C) groups is 1. The molecule has 2 aromatic heterocycles. The summed E-state index contributed by atoms with van der Waals surface area (Å²) in [5.74, 6) is 2.17. The van der Waals surface area contributed by atoms with Crippen molar-refractivity contribution in [3.8, 4) is 0 Å². The molecule has 150 valence electrons. The number of hydrogen-bond donors (Lipinski definition) is 2. The Morgan fingerprint density at radius 2 is 2.30 bits per heavy atom. The molecule has 3 rings (SSSR count). The van der Waals surface area contributed by atoms with Crippen molar-refractivity contribution in [2.45, 2.75) is 26.3 Å². The Hall–Kier alpha value is -1.46. The molecule has 1 saturated heterocycles. The topological polar surface area (TPSA) is 85.1 Å². The molecule has 2 aromatic rings. The highest BCUT2D eigenvalue weighted by atomic mass is 127. The maximum atomic E-state index is 5.72. The fourth-order valence-corrected chi connectivity index (χ4v) is 2.84. The third-order valence-electron chi connectivity index (χ3n) is 4.24. The number of nitrogens with zero attached hydrogens (tertiary/aromatic N) is 4. The molecule has 1 aliphatic rings. The van der Waals surface area contributed by atoms with Gasteiger partial charge in [-0.25, -0.2) is 4.99 Å². The number of pyridine rings is 1. The van der Waals surface area contributed by atoms with Crippen LogP contribution >= 0.6 is 24.0 Å². The third-order valence-corrected chi connectivity index (χ3v) is 4.24. The van der Waals surface area contributed by atoms with Gasteiger partial charge in [0.2, 0.25) is 0 Å². The third kappa shape index (κ3) is 6.89. The average molecular weight is 488 g/mol. The first kappa shape index (κ1) is 21.8. The van der Waals surface area contributed by atoms with Crippen LogP contribution in [0.25, 0.3) is 5.65 Å². The van der Waals surface area contributed by atoms with Gasteiger partial charge in [0.05, 0.1) is 13.2 Å². The largest absolute Gasteiger partial charge is 0.381 e. The lowest BCUT2D eigenvalue weighted by Crippen LogP contribution is -2.38. The van der Waals surface area contributed by atoms with Gasteiger partial charge in [-0.2, -0.15) is 0 Å². The molecule has 0 spiro atoms. The second kappa shape index (κ2) is 12.1. The van der Waals surface area contributed by atoms with Crippen molar-refractivity contribution >= 4 is 35.6 Å². The first-order valence-corrected chi connectivity index (χ1v) is 9.33. The average Bonchev–Trinajstić information content (AvgIpc) is 3.32. The lowest BCUT2D eigenvalue weighted by atomic mass is 10.1. The van der Waals surface area contributed by atoms with Gasteiger partial charge in [0.15, 0.2) is 17.4 Å². The SMILES string of the molecule is CCNC(=NCc1nnc2ccccn12)NCCCOCC1CCOC1.I. The van der Waals surface area contributed by atoms with Crippen LogP contribution in [0, 0.1) is 5.92 Å². The van der Waals surface area contributed by atoms with E-state index in [1.54, 1.807) is 0 Å². The Morgan fingerprint density at radius 3 is 3.11 bits per heavy atom. The van der Waals surface area contributed by atoms with E-state index in [9.17, 15) is 0 Å². The number of ether oxygens (including phenoxy) is 2. The van der Waals surface area contributed by atoms with Crippen molar-refractivity contribution in [3.05, 3.63) is 30.2 Å². The predicted octanol–water partition coefficient (Wildman–Crippen LogP) is 1.85. The zero-order valence-electron chi connectivity index (χ0n) is 15.8.